The molecule has 1 saturated heterocycles. The Morgan fingerprint density at radius 3 is 2.86 bits per heavy atom. The van der Waals surface area contributed by atoms with E-state index < -0.39 is 0 Å². The molecule has 1 aromatic heterocycles. The Bertz CT molecular complexity index is 1080. The first-order chi connectivity index (χ1) is 14.2. The van der Waals surface area contributed by atoms with Crippen molar-refractivity contribution in [3.63, 3.8) is 0 Å². The van der Waals surface area contributed by atoms with E-state index in [4.69, 9.17) is 4.74 Å². The van der Waals surface area contributed by atoms with Crippen molar-refractivity contribution in [2.45, 2.75) is 19.0 Å². The van der Waals surface area contributed by atoms with E-state index in [-0.39, 0.29) is 23.9 Å². The molecule has 1 atom stereocenters. The number of aromatic nitrogens is 2. The van der Waals surface area contributed by atoms with Gasteiger partial charge >= 0.3 is 0 Å². The summed E-state index contributed by atoms with van der Waals surface area (Å²) in [6.07, 6.45) is 1.76. The summed E-state index contributed by atoms with van der Waals surface area (Å²) in [7, 11) is 1.64. The van der Waals surface area contributed by atoms with Crippen LogP contribution in [-0.2, 0) is 11.3 Å². The van der Waals surface area contributed by atoms with E-state index in [1.165, 1.54) is 10.9 Å². The SMILES string of the molecule is COc1ccccc1C1CNCCN1C(=O)CCn1cnc2ccccc2c1=O. The third kappa shape index (κ3) is 3.86. The molecule has 29 heavy (non-hydrogen) atoms. The van der Waals surface area contributed by atoms with Crippen molar-refractivity contribution in [1.29, 1.82) is 0 Å². The van der Waals surface area contributed by atoms with E-state index in [1.807, 2.05) is 47.4 Å². The second kappa shape index (κ2) is 8.45. The molecule has 7 nitrogen and oxygen atoms in total. The monoisotopic (exact) mass is 392 g/mol. The first kappa shape index (κ1) is 19.1. The molecule has 7 heteroatoms. The summed E-state index contributed by atoms with van der Waals surface area (Å²) in [5.41, 5.74) is 1.53. The normalized spacial score (nSPS) is 16.7. The Hall–Kier alpha value is -3.19. The number of carbonyl (C=O) groups excluding carboxylic acids is 1. The molecule has 4 rings (SSSR count). The molecule has 1 N–H and O–H groups in total. The molecular weight excluding hydrogens is 368 g/mol. The number of hydrogen-bond donors (Lipinski definition) is 1. The van der Waals surface area contributed by atoms with E-state index in [2.05, 4.69) is 10.3 Å². The largest absolute Gasteiger partial charge is 0.496 e. The summed E-state index contributed by atoms with van der Waals surface area (Å²) < 4.78 is 7.01. The van der Waals surface area contributed by atoms with Gasteiger partial charge < -0.3 is 15.0 Å². The van der Waals surface area contributed by atoms with Crippen LogP contribution >= 0.6 is 0 Å². The van der Waals surface area contributed by atoms with Crippen molar-refractivity contribution in [1.82, 2.24) is 19.8 Å². The molecule has 1 aliphatic heterocycles. The summed E-state index contributed by atoms with van der Waals surface area (Å²) in [5, 5.41) is 3.92. The minimum absolute atomic E-state index is 0.0162. The summed E-state index contributed by atoms with van der Waals surface area (Å²) in [5.74, 6) is 0.788. The predicted octanol–water partition coefficient (Wildman–Crippen LogP) is 1.97. The number of hydrogen-bond acceptors (Lipinski definition) is 5. The van der Waals surface area contributed by atoms with Crippen LogP contribution in [0.3, 0.4) is 0 Å². The fourth-order valence-electron chi connectivity index (χ4n) is 3.85. The van der Waals surface area contributed by atoms with E-state index in [0.29, 0.717) is 30.5 Å². The van der Waals surface area contributed by atoms with Gasteiger partial charge in [-0.3, -0.25) is 14.2 Å². The molecule has 1 fully saturated rings. The van der Waals surface area contributed by atoms with Crippen LogP contribution in [0.25, 0.3) is 10.9 Å². The fraction of sp³-hybridized carbons (Fsp3) is 0.318. The van der Waals surface area contributed by atoms with Crippen molar-refractivity contribution in [2.24, 2.45) is 0 Å². The van der Waals surface area contributed by atoms with Gasteiger partial charge in [-0.1, -0.05) is 30.3 Å². The zero-order valence-electron chi connectivity index (χ0n) is 16.4. The van der Waals surface area contributed by atoms with Gasteiger partial charge in [0.05, 0.1) is 30.4 Å². The quantitative estimate of drug-likeness (QED) is 0.718. The van der Waals surface area contributed by atoms with Crippen LogP contribution in [0.15, 0.2) is 59.7 Å². The minimum atomic E-state index is -0.120. The lowest BCUT2D eigenvalue weighted by Crippen LogP contribution is -2.49. The lowest BCUT2D eigenvalue weighted by atomic mass is 10.0. The smallest absolute Gasteiger partial charge is 0.261 e. The summed E-state index contributed by atoms with van der Waals surface area (Å²) >= 11 is 0. The number of fused-ring (bicyclic) bond motifs is 1. The third-order valence-corrected chi connectivity index (χ3v) is 5.36. The molecule has 1 amide bonds. The number of nitrogens with zero attached hydrogens (tertiary/aromatic N) is 3. The topological polar surface area (TPSA) is 76.5 Å². The first-order valence-corrected chi connectivity index (χ1v) is 9.76. The number of amides is 1. The van der Waals surface area contributed by atoms with Crippen molar-refractivity contribution in [3.8, 4) is 5.75 Å². The average Bonchev–Trinajstić information content (AvgIpc) is 2.78. The van der Waals surface area contributed by atoms with Gasteiger partial charge in [0.25, 0.3) is 5.56 Å². The van der Waals surface area contributed by atoms with Gasteiger partial charge in [0, 0.05) is 38.2 Å². The Morgan fingerprint density at radius 2 is 2.00 bits per heavy atom. The molecule has 1 aliphatic rings. The number of ether oxygens (including phenoxy) is 1. The lowest BCUT2D eigenvalue weighted by molar-refractivity contribution is -0.134. The van der Waals surface area contributed by atoms with Gasteiger partial charge in [-0.15, -0.1) is 0 Å². The average molecular weight is 392 g/mol. The second-order valence-electron chi connectivity index (χ2n) is 7.06. The molecule has 0 bridgehead atoms. The van der Waals surface area contributed by atoms with E-state index >= 15 is 0 Å². The van der Waals surface area contributed by atoms with Crippen LogP contribution < -0.4 is 15.6 Å². The zero-order valence-corrected chi connectivity index (χ0v) is 16.4. The Morgan fingerprint density at radius 1 is 1.21 bits per heavy atom. The number of nitrogens with one attached hydrogen (secondary N) is 1. The highest BCUT2D eigenvalue weighted by atomic mass is 16.5. The fourth-order valence-corrected chi connectivity index (χ4v) is 3.85. The van der Waals surface area contributed by atoms with Crippen LogP contribution in [0.5, 0.6) is 5.75 Å². The molecule has 0 aliphatic carbocycles. The number of benzene rings is 2. The summed E-state index contributed by atoms with van der Waals surface area (Å²) in [6, 6.07) is 14.9. The highest BCUT2D eigenvalue weighted by Gasteiger charge is 2.29. The van der Waals surface area contributed by atoms with Gasteiger partial charge in [-0.25, -0.2) is 4.98 Å². The maximum Gasteiger partial charge on any atom is 0.261 e. The molecule has 150 valence electrons. The van der Waals surface area contributed by atoms with Crippen molar-refractivity contribution in [3.05, 3.63) is 70.8 Å². The number of carbonyl (C=O) groups is 1. The van der Waals surface area contributed by atoms with Crippen LogP contribution in [0.2, 0.25) is 0 Å². The molecule has 0 saturated carbocycles. The van der Waals surface area contributed by atoms with E-state index in [0.717, 1.165) is 17.9 Å². The number of aryl methyl sites for hydroxylation is 1. The van der Waals surface area contributed by atoms with Crippen LogP contribution in [0, 0.1) is 0 Å². The van der Waals surface area contributed by atoms with Crippen molar-refractivity contribution < 1.29 is 9.53 Å². The van der Waals surface area contributed by atoms with Gasteiger partial charge in [-0.2, -0.15) is 0 Å². The number of piperazine rings is 1. The van der Waals surface area contributed by atoms with Crippen LogP contribution in [0.4, 0.5) is 0 Å². The van der Waals surface area contributed by atoms with Gasteiger partial charge in [-0.05, 0) is 18.2 Å². The Labute approximate surface area is 168 Å². The number of rotatable bonds is 5. The molecule has 3 aromatic rings. The molecular formula is C22H24N4O3. The molecule has 2 heterocycles. The third-order valence-electron chi connectivity index (χ3n) is 5.36. The highest BCUT2D eigenvalue weighted by Crippen LogP contribution is 2.30. The minimum Gasteiger partial charge on any atom is -0.496 e. The maximum atomic E-state index is 13.1. The molecule has 1 unspecified atom stereocenters. The molecule has 0 spiro atoms. The maximum absolute atomic E-state index is 13.1. The highest BCUT2D eigenvalue weighted by molar-refractivity contribution is 5.78. The summed E-state index contributed by atoms with van der Waals surface area (Å²) in [4.78, 5) is 31.9. The number of methoxy groups -OCH3 is 1. The molecule has 0 radical (unpaired) electrons. The summed E-state index contributed by atoms with van der Waals surface area (Å²) in [6.45, 7) is 2.34. The van der Waals surface area contributed by atoms with Crippen molar-refractivity contribution >= 4 is 16.8 Å². The Kier molecular flexibility index (Phi) is 5.57. The van der Waals surface area contributed by atoms with Gasteiger partial charge in [0.15, 0.2) is 0 Å². The van der Waals surface area contributed by atoms with Gasteiger partial charge in [0.1, 0.15) is 5.75 Å². The first-order valence-electron chi connectivity index (χ1n) is 9.76. The van der Waals surface area contributed by atoms with E-state index in [1.54, 1.807) is 13.2 Å². The zero-order chi connectivity index (χ0) is 20.2. The predicted molar refractivity (Wildman–Crippen MR) is 111 cm³/mol. The van der Waals surface area contributed by atoms with Crippen molar-refractivity contribution in [2.75, 3.05) is 26.7 Å². The Balaban J connectivity index is 1.52. The second-order valence-corrected chi connectivity index (χ2v) is 7.06. The van der Waals surface area contributed by atoms with Crippen LogP contribution in [0.1, 0.15) is 18.0 Å². The van der Waals surface area contributed by atoms with Gasteiger partial charge in [0.2, 0.25) is 5.91 Å². The number of para-hydroxylation sites is 2. The standard InChI is InChI=1S/C22H24N4O3/c1-29-20-9-5-3-7-17(20)19-14-23-11-13-26(19)21(27)10-12-25-15-24-18-8-4-2-6-16(18)22(25)28/h2-9,15,19,23H,10-14H2,1H3. The molecule has 2 aromatic carbocycles. The lowest BCUT2D eigenvalue weighted by Gasteiger charge is -2.37. The van der Waals surface area contributed by atoms with Crippen LogP contribution in [-0.4, -0.2) is 47.1 Å². The van der Waals surface area contributed by atoms with E-state index in [9.17, 15) is 9.59 Å².